The fourth-order valence-electron chi connectivity index (χ4n) is 3.06. The summed E-state index contributed by atoms with van der Waals surface area (Å²) in [6.07, 6.45) is 3.20. The molecule has 0 bridgehead atoms. The van der Waals surface area contributed by atoms with Crippen LogP contribution >= 0.6 is 11.3 Å². The summed E-state index contributed by atoms with van der Waals surface area (Å²) >= 11 is 1.21. The summed E-state index contributed by atoms with van der Waals surface area (Å²) in [7, 11) is 1.60. The molecule has 1 unspecified atom stereocenters. The summed E-state index contributed by atoms with van der Waals surface area (Å²) in [5, 5.41) is 10.9. The molecule has 0 fully saturated rings. The number of carbonyl (C=O) groups excluding carboxylic acids is 2. The summed E-state index contributed by atoms with van der Waals surface area (Å²) in [4.78, 5) is 29.7. The van der Waals surface area contributed by atoms with Crippen LogP contribution < -0.4 is 15.4 Å². The lowest BCUT2D eigenvalue weighted by molar-refractivity contribution is -0.148. The minimum Gasteiger partial charge on any atom is -0.496 e. The van der Waals surface area contributed by atoms with Crippen molar-refractivity contribution in [2.45, 2.75) is 40.7 Å². The van der Waals surface area contributed by atoms with E-state index in [1.54, 1.807) is 26.3 Å². The van der Waals surface area contributed by atoms with Gasteiger partial charge in [-0.25, -0.2) is 9.78 Å². The van der Waals surface area contributed by atoms with E-state index in [1.807, 2.05) is 39.8 Å². The second kappa shape index (κ2) is 10.5. The van der Waals surface area contributed by atoms with E-state index in [2.05, 4.69) is 20.7 Å². The number of aryl methyl sites for hydroxylation is 1. The van der Waals surface area contributed by atoms with Crippen LogP contribution in [0.15, 0.2) is 30.6 Å². The third kappa shape index (κ3) is 5.89. The summed E-state index contributed by atoms with van der Waals surface area (Å²) < 4.78 is 12.1. The molecule has 176 valence electrons. The first-order valence-electron chi connectivity index (χ1n) is 10.6. The second-order valence-corrected chi connectivity index (χ2v) is 9.11. The van der Waals surface area contributed by atoms with Crippen molar-refractivity contribution < 1.29 is 19.1 Å². The van der Waals surface area contributed by atoms with Gasteiger partial charge in [0.2, 0.25) is 0 Å². The van der Waals surface area contributed by atoms with Gasteiger partial charge in [-0.3, -0.25) is 9.48 Å². The lowest BCUT2D eigenvalue weighted by atomic mass is 10.1. The number of rotatable bonds is 9. The zero-order valence-electron chi connectivity index (χ0n) is 19.6. The van der Waals surface area contributed by atoms with Crippen molar-refractivity contribution in [3.05, 3.63) is 46.6 Å². The van der Waals surface area contributed by atoms with E-state index in [4.69, 9.17) is 9.47 Å². The lowest BCUT2D eigenvalue weighted by Gasteiger charge is -2.14. The number of methoxy groups -OCH3 is 1. The Balaban J connectivity index is 1.65. The molecular formula is C23H29N5O4S. The van der Waals surface area contributed by atoms with Gasteiger partial charge in [-0.05, 0) is 38.3 Å². The Hall–Kier alpha value is -3.40. The first-order chi connectivity index (χ1) is 15.7. The van der Waals surface area contributed by atoms with Crippen molar-refractivity contribution in [3.63, 3.8) is 0 Å². The minimum absolute atomic E-state index is 0.257. The molecule has 2 aromatic heterocycles. The summed E-state index contributed by atoms with van der Waals surface area (Å²) in [5.74, 6) is 0.894. The van der Waals surface area contributed by atoms with Crippen LogP contribution in [0.25, 0.3) is 0 Å². The van der Waals surface area contributed by atoms with Crippen molar-refractivity contribution in [2.75, 3.05) is 24.4 Å². The first kappa shape index (κ1) is 24.2. The number of thiazole rings is 1. The van der Waals surface area contributed by atoms with Gasteiger partial charge in [-0.1, -0.05) is 31.3 Å². The molecule has 0 aliphatic heterocycles. The Bertz CT molecular complexity index is 1140. The van der Waals surface area contributed by atoms with Crippen molar-refractivity contribution >= 4 is 39.9 Å². The predicted octanol–water partition coefficient (Wildman–Crippen LogP) is 4.72. The number of anilines is 3. The smallest absolute Gasteiger partial charge is 0.330 e. The molecule has 1 aromatic carbocycles. The standard InChI is InChI=1S/C23H29N5O4S/c1-13(2)12-32-22(30)16(5)28-10-9-19(27-28)25-23-24-11-18(33-23)21(29)26-20-14(3)7-8-17(31-6)15(20)4/h7-11,13,16H,12H2,1-6H3,(H,26,29)(H,24,25,27). The molecule has 2 heterocycles. The van der Waals surface area contributed by atoms with Gasteiger partial charge in [-0.15, -0.1) is 0 Å². The Morgan fingerprint density at radius 1 is 1.18 bits per heavy atom. The highest BCUT2D eigenvalue weighted by Crippen LogP contribution is 2.30. The number of aromatic nitrogens is 3. The van der Waals surface area contributed by atoms with Gasteiger partial charge in [0.25, 0.3) is 5.91 Å². The number of nitrogens with one attached hydrogen (secondary N) is 2. The average Bonchev–Trinajstić information content (AvgIpc) is 3.44. The molecule has 0 saturated carbocycles. The molecule has 1 amide bonds. The van der Waals surface area contributed by atoms with E-state index in [1.165, 1.54) is 22.2 Å². The quantitative estimate of drug-likeness (QED) is 0.435. The maximum Gasteiger partial charge on any atom is 0.330 e. The van der Waals surface area contributed by atoms with Gasteiger partial charge in [0.15, 0.2) is 10.9 Å². The normalized spacial score (nSPS) is 11.8. The third-order valence-corrected chi connectivity index (χ3v) is 5.86. The molecule has 0 spiro atoms. The number of nitrogens with zero attached hydrogens (tertiary/aromatic N) is 3. The van der Waals surface area contributed by atoms with Crippen LogP contribution in [0.3, 0.4) is 0 Å². The highest BCUT2D eigenvalue weighted by molar-refractivity contribution is 7.17. The zero-order valence-corrected chi connectivity index (χ0v) is 20.4. The minimum atomic E-state index is -0.550. The van der Waals surface area contributed by atoms with Crippen LogP contribution in [-0.4, -0.2) is 40.4 Å². The molecule has 33 heavy (non-hydrogen) atoms. The number of hydrogen-bond acceptors (Lipinski definition) is 8. The molecule has 0 radical (unpaired) electrons. The van der Waals surface area contributed by atoms with E-state index >= 15 is 0 Å². The Kier molecular flexibility index (Phi) is 7.70. The number of carbonyl (C=O) groups is 2. The molecule has 1 atom stereocenters. The van der Waals surface area contributed by atoms with Crippen molar-refractivity contribution in [1.82, 2.24) is 14.8 Å². The van der Waals surface area contributed by atoms with E-state index in [9.17, 15) is 9.59 Å². The van der Waals surface area contributed by atoms with Gasteiger partial charge in [0.1, 0.15) is 16.7 Å². The van der Waals surface area contributed by atoms with Gasteiger partial charge in [-0.2, -0.15) is 5.10 Å². The van der Waals surface area contributed by atoms with Crippen molar-refractivity contribution in [3.8, 4) is 5.75 Å². The molecule has 3 rings (SSSR count). The van der Waals surface area contributed by atoms with E-state index in [0.29, 0.717) is 28.2 Å². The Morgan fingerprint density at radius 3 is 2.64 bits per heavy atom. The lowest BCUT2D eigenvalue weighted by Crippen LogP contribution is -2.21. The summed E-state index contributed by atoms with van der Waals surface area (Å²) in [6.45, 7) is 9.89. The van der Waals surface area contributed by atoms with Crippen LogP contribution in [0.5, 0.6) is 5.75 Å². The number of hydrogen-bond donors (Lipinski definition) is 2. The molecule has 9 nitrogen and oxygen atoms in total. The molecular weight excluding hydrogens is 442 g/mol. The number of esters is 1. The largest absolute Gasteiger partial charge is 0.496 e. The van der Waals surface area contributed by atoms with Crippen LogP contribution in [-0.2, 0) is 9.53 Å². The molecule has 2 N–H and O–H groups in total. The summed E-state index contributed by atoms with van der Waals surface area (Å²) in [5.41, 5.74) is 2.52. The summed E-state index contributed by atoms with van der Waals surface area (Å²) in [6, 6.07) is 4.96. The van der Waals surface area contributed by atoms with Crippen LogP contribution in [0.1, 0.15) is 47.6 Å². The van der Waals surface area contributed by atoms with E-state index < -0.39 is 6.04 Å². The Morgan fingerprint density at radius 2 is 1.94 bits per heavy atom. The van der Waals surface area contributed by atoms with Crippen molar-refractivity contribution in [2.24, 2.45) is 5.92 Å². The zero-order chi connectivity index (χ0) is 24.1. The molecule has 0 saturated heterocycles. The fourth-order valence-corrected chi connectivity index (χ4v) is 3.78. The SMILES string of the molecule is COc1ccc(C)c(NC(=O)c2cnc(Nc3ccn(C(C)C(=O)OCC(C)C)n3)s2)c1C. The predicted molar refractivity (Wildman–Crippen MR) is 129 cm³/mol. The van der Waals surface area contributed by atoms with Crippen LogP contribution in [0.4, 0.5) is 16.6 Å². The van der Waals surface area contributed by atoms with E-state index in [-0.39, 0.29) is 17.8 Å². The Labute approximate surface area is 197 Å². The maximum absolute atomic E-state index is 12.8. The number of ether oxygens (including phenoxy) is 2. The highest BCUT2D eigenvalue weighted by Gasteiger charge is 2.19. The topological polar surface area (TPSA) is 107 Å². The van der Waals surface area contributed by atoms with Gasteiger partial charge < -0.3 is 20.1 Å². The molecule has 3 aromatic rings. The van der Waals surface area contributed by atoms with Crippen LogP contribution in [0, 0.1) is 19.8 Å². The fraction of sp³-hybridized carbons (Fsp3) is 0.391. The van der Waals surface area contributed by atoms with Crippen LogP contribution in [0.2, 0.25) is 0 Å². The highest BCUT2D eigenvalue weighted by atomic mass is 32.1. The average molecular weight is 472 g/mol. The number of benzene rings is 1. The third-order valence-electron chi connectivity index (χ3n) is 4.95. The molecule has 0 aliphatic rings. The second-order valence-electron chi connectivity index (χ2n) is 8.07. The van der Waals surface area contributed by atoms with E-state index in [0.717, 1.165) is 16.8 Å². The number of amides is 1. The van der Waals surface area contributed by atoms with Gasteiger partial charge in [0.05, 0.1) is 25.6 Å². The molecule has 0 aliphatic carbocycles. The first-order valence-corrected chi connectivity index (χ1v) is 11.4. The van der Waals surface area contributed by atoms with Gasteiger partial charge >= 0.3 is 5.97 Å². The monoisotopic (exact) mass is 471 g/mol. The van der Waals surface area contributed by atoms with Gasteiger partial charge in [0, 0.05) is 17.8 Å². The molecule has 10 heteroatoms. The maximum atomic E-state index is 12.8. The van der Waals surface area contributed by atoms with Crippen molar-refractivity contribution in [1.29, 1.82) is 0 Å².